The lowest BCUT2D eigenvalue weighted by atomic mass is 10.00. The maximum atomic E-state index is 9.59. The van der Waals surface area contributed by atoms with Gasteiger partial charge in [-0.1, -0.05) is 38.1 Å². The minimum atomic E-state index is -0.381. The molecule has 114 valence electrons. The van der Waals surface area contributed by atoms with Crippen molar-refractivity contribution in [2.75, 3.05) is 20.3 Å². The summed E-state index contributed by atoms with van der Waals surface area (Å²) in [5.74, 6) is 0.693. The molecular weight excluding hydrogens is 250 g/mol. The summed E-state index contributed by atoms with van der Waals surface area (Å²) in [4.78, 5) is 0. The molecule has 1 aromatic rings. The van der Waals surface area contributed by atoms with Gasteiger partial charge in [0, 0.05) is 13.2 Å². The second kappa shape index (κ2) is 9.11. The van der Waals surface area contributed by atoms with Crippen molar-refractivity contribution >= 4 is 0 Å². The fourth-order valence-corrected chi connectivity index (χ4v) is 2.27. The molecule has 0 spiro atoms. The average molecular weight is 279 g/mol. The lowest BCUT2D eigenvalue weighted by Crippen LogP contribution is -2.25. The fraction of sp³-hybridized carbons (Fsp3) is 0.647. The topological polar surface area (TPSA) is 41.5 Å². The standard InChI is InChI=1S/C17H29NO2/c1-13(2)11-15-5-7-16(8-6-15)14(3)18-10-9-17(19)12-20-4/h5-8,13-14,17-19H,9-12H2,1-4H3. The van der Waals surface area contributed by atoms with Gasteiger partial charge in [-0.25, -0.2) is 0 Å². The van der Waals surface area contributed by atoms with E-state index in [9.17, 15) is 5.11 Å². The number of aliphatic hydroxyl groups excluding tert-OH is 1. The molecule has 0 radical (unpaired) electrons. The van der Waals surface area contributed by atoms with Gasteiger partial charge in [-0.15, -0.1) is 0 Å². The van der Waals surface area contributed by atoms with E-state index in [0.29, 0.717) is 25.0 Å². The molecule has 0 fully saturated rings. The molecular formula is C17H29NO2. The molecule has 0 saturated heterocycles. The Balaban J connectivity index is 2.37. The van der Waals surface area contributed by atoms with Crippen LogP contribution in [0.3, 0.4) is 0 Å². The van der Waals surface area contributed by atoms with Gasteiger partial charge in [-0.05, 0) is 43.4 Å². The van der Waals surface area contributed by atoms with E-state index in [0.717, 1.165) is 13.0 Å². The Hall–Kier alpha value is -0.900. The smallest absolute Gasteiger partial charge is 0.0785 e. The average Bonchev–Trinajstić information content (AvgIpc) is 2.39. The van der Waals surface area contributed by atoms with Crippen LogP contribution >= 0.6 is 0 Å². The summed E-state index contributed by atoms with van der Waals surface area (Å²) in [6.45, 7) is 7.83. The van der Waals surface area contributed by atoms with Crippen LogP contribution in [0, 0.1) is 5.92 Å². The van der Waals surface area contributed by atoms with Crippen molar-refractivity contribution < 1.29 is 9.84 Å². The first-order valence-electron chi connectivity index (χ1n) is 7.52. The Kier molecular flexibility index (Phi) is 7.82. The summed E-state index contributed by atoms with van der Waals surface area (Å²) in [5, 5.41) is 13.0. The number of hydrogen-bond acceptors (Lipinski definition) is 3. The van der Waals surface area contributed by atoms with Gasteiger partial charge in [-0.2, -0.15) is 0 Å². The first kappa shape index (κ1) is 17.2. The second-order valence-corrected chi connectivity index (χ2v) is 5.91. The van der Waals surface area contributed by atoms with Crippen LogP contribution < -0.4 is 5.32 Å². The number of benzene rings is 1. The molecule has 3 nitrogen and oxygen atoms in total. The Morgan fingerprint density at radius 2 is 1.80 bits per heavy atom. The minimum absolute atomic E-state index is 0.304. The van der Waals surface area contributed by atoms with Gasteiger partial charge >= 0.3 is 0 Å². The Labute approximate surface area is 123 Å². The molecule has 2 unspecified atom stereocenters. The van der Waals surface area contributed by atoms with Gasteiger partial charge in [0.15, 0.2) is 0 Å². The first-order valence-corrected chi connectivity index (χ1v) is 7.52. The highest BCUT2D eigenvalue weighted by molar-refractivity contribution is 5.25. The van der Waals surface area contributed by atoms with Crippen molar-refractivity contribution in [1.29, 1.82) is 0 Å². The molecule has 0 heterocycles. The zero-order valence-electron chi connectivity index (χ0n) is 13.2. The lowest BCUT2D eigenvalue weighted by Gasteiger charge is -2.16. The van der Waals surface area contributed by atoms with Crippen LogP contribution in [-0.2, 0) is 11.2 Å². The lowest BCUT2D eigenvalue weighted by molar-refractivity contribution is 0.0590. The highest BCUT2D eigenvalue weighted by atomic mass is 16.5. The van der Waals surface area contributed by atoms with Gasteiger partial charge in [0.25, 0.3) is 0 Å². The van der Waals surface area contributed by atoms with Crippen molar-refractivity contribution in [3.05, 3.63) is 35.4 Å². The summed E-state index contributed by atoms with van der Waals surface area (Å²) < 4.78 is 4.91. The predicted octanol–water partition coefficient (Wildman–Crippen LogP) is 2.93. The number of hydrogen-bond donors (Lipinski definition) is 2. The molecule has 2 atom stereocenters. The number of aliphatic hydroxyl groups is 1. The molecule has 1 aromatic carbocycles. The molecule has 0 aliphatic carbocycles. The van der Waals surface area contributed by atoms with Gasteiger partial charge in [0.1, 0.15) is 0 Å². The van der Waals surface area contributed by atoms with Crippen molar-refractivity contribution in [2.45, 2.75) is 45.8 Å². The molecule has 0 aromatic heterocycles. The zero-order valence-corrected chi connectivity index (χ0v) is 13.2. The molecule has 0 aliphatic heterocycles. The number of ether oxygens (including phenoxy) is 1. The minimum Gasteiger partial charge on any atom is -0.391 e. The molecule has 0 bridgehead atoms. The third-order valence-electron chi connectivity index (χ3n) is 3.41. The van der Waals surface area contributed by atoms with E-state index in [-0.39, 0.29) is 6.10 Å². The summed E-state index contributed by atoms with van der Waals surface area (Å²) >= 11 is 0. The Morgan fingerprint density at radius 3 is 2.35 bits per heavy atom. The Morgan fingerprint density at radius 1 is 1.15 bits per heavy atom. The van der Waals surface area contributed by atoms with Crippen LogP contribution in [-0.4, -0.2) is 31.5 Å². The van der Waals surface area contributed by atoms with Gasteiger partial charge in [0.05, 0.1) is 12.7 Å². The van der Waals surface area contributed by atoms with Crippen LogP contribution in [0.25, 0.3) is 0 Å². The van der Waals surface area contributed by atoms with Gasteiger partial charge < -0.3 is 15.2 Å². The molecule has 0 amide bonds. The van der Waals surface area contributed by atoms with E-state index in [2.05, 4.69) is 50.4 Å². The van der Waals surface area contributed by atoms with Crippen LogP contribution in [0.5, 0.6) is 0 Å². The van der Waals surface area contributed by atoms with Crippen molar-refractivity contribution in [3.63, 3.8) is 0 Å². The normalized spacial score (nSPS) is 14.5. The summed E-state index contributed by atoms with van der Waals surface area (Å²) in [7, 11) is 1.61. The summed E-state index contributed by atoms with van der Waals surface area (Å²) in [6, 6.07) is 9.13. The molecule has 0 saturated carbocycles. The monoisotopic (exact) mass is 279 g/mol. The SMILES string of the molecule is COCC(O)CCNC(C)c1ccc(CC(C)C)cc1. The third kappa shape index (κ3) is 6.51. The number of methoxy groups -OCH3 is 1. The third-order valence-corrected chi connectivity index (χ3v) is 3.41. The van der Waals surface area contributed by atoms with E-state index in [1.807, 2.05) is 0 Å². The second-order valence-electron chi connectivity index (χ2n) is 5.91. The zero-order chi connectivity index (χ0) is 15.0. The number of rotatable bonds is 9. The maximum absolute atomic E-state index is 9.59. The van der Waals surface area contributed by atoms with E-state index in [4.69, 9.17) is 4.74 Å². The highest BCUT2D eigenvalue weighted by Crippen LogP contribution is 2.15. The first-order chi connectivity index (χ1) is 9.52. The van der Waals surface area contributed by atoms with E-state index >= 15 is 0 Å². The molecule has 2 N–H and O–H groups in total. The van der Waals surface area contributed by atoms with Crippen LogP contribution in [0.1, 0.15) is 44.4 Å². The van der Waals surface area contributed by atoms with E-state index < -0.39 is 0 Å². The highest BCUT2D eigenvalue weighted by Gasteiger charge is 2.07. The van der Waals surface area contributed by atoms with Crippen molar-refractivity contribution in [1.82, 2.24) is 5.32 Å². The predicted molar refractivity (Wildman–Crippen MR) is 83.9 cm³/mol. The van der Waals surface area contributed by atoms with Crippen LogP contribution in [0.4, 0.5) is 0 Å². The van der Waals surface area contributed by atoms with Crippen LogP contribution in [0.2, 0.25) is 0 Å². The number of nitrogens with one attached hydrogen (secondary N) is 1. The largest absolute Gasteiger partial charge is 0.391 e. The van der Waals surface area contributed by atoms with Crippen molar-refractivity contribution in [3.8, 4) is 0 Å². The molecule has 20 heavy (non-hydrogen) atoms. The van der Waals surface area contributed by atoms with Crippen LogP contribution in [0.15, 0.2) is 24.3 Å². The quantitative estimate of drug-likeness (QED) is 0.730. The molecule has 3 heteroatoms. The van der Waals surface area contributed by atoms with Crippen molar-refractivity contribution in [2.24, 2.45) is 5.92 Å². The Bertz CT molecular complexity index is 362. The van der Waals surface area contributed by atoms with E-state index in [1.54, 1.807) is 7.11 Å². The van der Waals surface area contributed by atoms with E-state index in [1.165, 1.54) is 11.1 Å². The van der Waals surface area contributed by atoms with Gasteiger partial charge in [0.2, 0.25) is 0 Å². The fourth-order valence-electron chi connectivity index (χ4n) is 2.27. The van der Waals surface area contributed by atoms with Gasteiger partial charge in [-0.3, -0.25) is 0 Å². The molecule has 1 rings (SSSR count). The summed E-state index contributed by atoms with van der Waals surface area (Å²) in [6.07, 6.45) is 1.46. The maximum Gasteiger partial charge on any atom is 0.0785 e. The summed E-state index contributed by atoms with van der Waals surface area (Å²) in [5.41, 5.74) is 2.69. The molecule has 0 aliphatic rings.